The second-order valence-corrected chi connectivity index (χ2v) is 2.15. The van der Waals surface area contributed by atoms with Crippen LogP contribution in [0.1, 0.15) is 0 Å². The number of ether oxygens (including phenoxy) is 1. The normalized spacial score (nSPS) is 8.10. The molecule has 0 aromatic heterocycles. The van der Waals surface area contributed by atoms with Crippen LogP contribution in [0.4, 0.5) is 0 Å². The van der Waals surface area contributed by atoms with Crippen molar-refractivity contribution in [2.45, 2.75) is 4.90 Å². The summed E-state index contributed by atoms with van der Waals surface area (Å²) in [6, 6.07) is 7.42. The SMILES string of the molecule is COc1cccc([S-])c1.[Na+]. The van der Waals surface area contributed by atoms with Gasteiger partial charge < -0.3 is 17.4 Å². The maximum absolute atomic E-state index is 4.93. The van der Waals surface area contributed by atoms with Gasteiger partial charge in [-0.2, -0.15) is 4.90 Å². The number of hydrogen-bond acceptors (Lipinski definition) is 2. The molecule has 0 atom stereocenters. The summed E-state index contributed by atoms with van der Waals surface area (Å²) in [5.74, 6) is 0.822. The molecule has 0 N–H and O–H groups in total. The monoisotopic (exact) mass is 162 g/mol. The van der Waals surface area contributed by atoms with Gasteiger partial charge in [0.05, 0.1) is 7.11 Å². The van der Waals surface area contributed by atoms with Crippen molar-refractivity contribution in [3.8, 4) is 5.75 Å². The molecule has 0 bridgehead atoms. The van der Waals surface area contributed by atoms with Gasteiger partial charge in [-0.15, -0.1) is 0 Å². The molecular formula is C7H7NaOS. The molecule has 0 aliphatic carbocycles. The van der Waals surface area contributed by atoms with Gasteiger partial charge in [0.25, 0.3) is 0 Å². The van der Waals surface area contributed by atoms with Gasteiger partial charge in [0, 0.05) is 0 Å². The molecule has 0 saturated heterocycles. The van der Waals surface area contributed by atoms with Gasteiger partial charge in [-0.25, -0.2) is 0 Å². The summed E-state index contributed by atoms with van der Waals surface area (Å²) in [6.07, 6.45) is 0. The van der Waals surface area contributed by atoms with E-state index in [0.29, 0.717) is 0 Å². The number of methoxy groups -OCH3 is 1. The van der Waals surface area contributed by atoms with Gasteiger partial charge >= 0.3 is 29.6 Å². The van der Waals surface area contributed by atoms with Gasteiger partial charge in [-0.05, 0) is 12.1 Å². The van der Waals surface area contributed by atoms with E-state index in [0.717, 1.165) is 10.6 Å². The first-order valence-corrected chi connectivity index (χ1v) is 3.05. The van der Waals surface area contributed by atoms with E-state index in [9.17, 15) is 0 Å². The molecule has 0 fully saturated rings. The van der Waals surface area contributed by atoms with E-state index in [2.05, 4.69) is 0 Å². The summed E-state index contributed by atoms with van der Waals surface area (Å²) in [7, 11) is 1.63. The van der Waals surface area contributed by atoms with E-state index in [1.165, 1.54) is 0 Å². The zero-order valence-corrected chi connectivity index (χ0v) is 8.94. The topological polar surface area (TPSA) is 9.23 Å². The van der Waals surface area contributed by atoms with Crippen LogP contribution in [0.3, 0.4) is 0 Å². The van der Waals surface area contributed by atoms with Gasteiger partial charge in [0.15, 0.2) is 0 Å². The number of rotatable bonds is 1. The predicted octanol–water partition coefficient (Wildman–Crippen LogP) is -1.39. The van der Waals surface area contributed by atoms with Crippen molar-refractivity contribution in [2.24, 2.45) is 0 Å². The summed E-state index contributed by atoms with van der Waals surface area (Å²) < 4.78 is 4.93. The molecule has 0 saturated carbocycles. The molecule has 0 aliphatic heterocycles. The van der Waals surface area contributed by atoms with Crippen molar-refractivity contribution < 1.29 is 34.3 Å². The Morgan fingerprint density at radius 1 is 1.40 bits per heavy atom. The summed E-state index contributed by atoms with van der Waals surface area (Å²) in [5.41, 5.74) is 0. The third-order valence-corrected chi connectivity index (χ3v) is 1.30. The molecule has 0 aliphatic rings. The van der Waals surface area contributed by atoms with Crippen LogP contribution in [0.2, 0.25) is 0 Å². The molecule has 0 amide bonds. The molecule has 1 rings (SSSR count). The molecule has 0 radical (unpaired) electrons. The summed E-state index contributed by atoms with van der Waals surface area (Å²) in [5, 5.41) is 0. The molecular weight excluding hydrogens is 155 g/mol. The Labute approximate surface area is 88.5 Å². The van der Waals surface area contributed by atoms with Crippen LogP contribution >= 0.6 is 0 Å². The van der Waals surface area contributed by atoms with Gasteiger partial charge in [0.1, 0.15) is 5.75 Å². The molecule has 0 unspecified atom stereocenters. The third-order valence-electron chi connectivity index (χ3n) is 1.04. The molecule has 3 heteroatoms. The van der Waals surface area contributed by atoms with Crippen LogP contribution in [0.25, 0.3) is 0 Å². The largest absolute Gasteiger partial charge is 1.00 e. The molecule has 0 heterocycles. The Hall–Kier alpha value is 0.240. The molecule has 1 aromatic carbocycles. The molecule has 1 nitrogen and oxygen atoms in total. The van der Waals surface area contributed by atoms with Crippen molar-refractivity contribution in [3.63, 3.8) is 0 Å². The fourth-order valence-corrected chi connectivity index (χ4v) is 0.796. The molecule has 1 aromatic rings. The van der Waals surface area contributed by atoms with E-state index in [-0.39, 0.29) is 29.6 Å². The fraction of sp³-hybridized carbons (Fsp3) is 0.143. The summed E-state index contributed by atoms with van der Waals surface area (Å²) in [6.45, 7) is 0. The average Bonchev–Trinajstić information content (AvgIpc) is 1.88. The van der Waals surface area contributed by atoms with Crippen molar-refractivity contribution in [2.75, 3.05) is 7.11 Å². The third kappa shape index (κ3) is 2.88. The van der Waals surface area contributed by atoms with Crippen LogP contribution in [0.5, 0.6) is 5.75 Å². The zero-order chi connectivity index (χ0) is 6.69. The van der Waals surface area contributed by atoms with E-state index >= 15 is 0 Å². The molecule has 0 spiro atoms. The second-order valence-electron chi connectivity index (χ2n) is 1.68. The second kappa shape index (κ2) is 4.97. The number of hydrogen-bond donors (Lipinski definition) is 0. The number of benzene rings is 1. The maximum Gasteiger partial charge on any atom is 1.00 e. The molecule has 10 heavy (non-hydrogen) atoms. The van der Waals surface area contributed by atoms with Crippen molar-refractivity contribution in [1.82, 2.24) is 0 Å². The van der Waals surface area contributed by atoms with Crippen molar-refractivity contribution >= 4 is 12.6 Å². The van der Waals surface area contributed by atoms with Crippen LogP contribution in [0.15, 0.2) is 29.2 Å². The smallest absolute Gasteiger partial charge is 0.780 e. The Bertz CT molecular complexity index is 203. The van der Waals surface area contributed by atoms with Gasteiger partial charge in [0.2, 0.25) is 0 Å². The molecule has 48 valence electrons. The Morgan fingerprint density at radius 2 is 2.10 bits per heavy atom. The van der Waals surface area contributed by atoms with Crippen LogP contribution in [0, 0.1) is 0 Å². The average molecular weight is 162 g/mol. The first-order chi connectivity index (χ1) is 4.33. The Morgan fingerprint density at radius 3 is 2.50 bits per heavy atom. The van der Waals surface area contributed by atoms with E-state index in [4.69, 9.17) is 17.4 Å². The minimum atomic E-state index is 0. The first-order valence-electron chi connectivity index (χ1n) is 2.64. The predicted molar refractivity (Wildman–Crippen MR) is 38.6 cm³/mol. The van der Waals surface area contributed by atoms with Crippen LogP contribution in [-0.4, -0.2) is 7.11 Å². The Balaban J connectivity index is 0.000000810. The van der Waals surface area contributed by atoms with Crippen LogP contribution < -0.4 is 34.3 Å². The standard InChI is InChI=1S/C7H8OS.Na/c1-8-6-3-2-4-7(9)5-6;/h2-5,9H,1H3;/q;+1/p-1. The van der Waals surface area contributed by atoms with Crippen molar-refractivity contribution in [3.05, 3.63) is 24.3 Å². The van der Waals surface area contributed by atoms with E-state index < -0.39 is 0 Å². The zero-order valence-electron chi connectivity index (χ0n) is 6.13. The van der Waals surface area contributed by atoms with Gasteiger partial charge in [-0.3, -0.25) is 0 Å². The van der Waals surface area contributed by atoms with Crippen molar-refractivity contribution in [1.29, 1.82) is 0 Å². The van der Waals surface area contributed by atoms with Gasteiger partial charge in [-0.1, -0.05) is 12.1 Å². The van der Waals surface area contributed by atoms with E-state index in [1.807, 2.05) is 24.3 Å². The summed E-state index contributed by atoms with van der Waals surface area (Å²) in [4.78, 5) is 0.814. The quantitative estimate of drug-likeness (QED) is 0.371. The minimum Gasteiger partial charge on any atom is -0.780 e. The van der Waals surface area contributed by atoms with Crippen LogP contribution in [-0.2, 0) is 12.6 Å². The van der Waals surface area contributed by atoms with E-state index in [1.54, 1.807) is 7.11 Å². The minimum absolute atomic E-state index is 0. The maximum atomic E-state index is 4.93. The summed E-state index contributed by atoms with van der Waals surface area (Å²) >= 11 is 4.89. The first kappa shape index (κ1) is 10.2. The fourth-order valence-electron chi connectivity index (χ4n) is 0.601. The Kier molecular flexibility index (Phi) is 5.09.